The monoisotopic (exact) mass is 437 g/mol. The summed E-state index contributed by atoms with van der Waals surface area (Å²) in [7, 11) is -2.21. The van der Waals surface area contributed by atoms with Crippen molar-refractivity contribution in [2.75, 3.05) is 18.0 Å². The smallest absolute Gasteiger partial charge is 0.271 e. The first-order valence-electron chi connectivity index (χ1n) is 9.62. The van der Waals surface area contributed by atoms with Gasteiger partial charge in [-0.3, -0.25) is 9.10 Å². The maximum Gasteiger partial charge on any atom is 0.271 e. The molecule has 31 heavy (non-hydrogen) atoms. The Morgan fingerprint density at radius 2 is 1.65 bits per heavy atom. The standard InChI is InChI=1S/C23H23N3O4S/c1-3-30-21-15-9-18(10-16-21)17-24-25-23(27)19-11-13-20(14-12-19)26(2)31(28,29)22-7-5-4-6-8-22/h4-17H,3H2,1-2H3,(H,25,27)/b24-17+. The number of sulfonamides is 1. The number of hydrogen-bond acceptors (Lipinski definition) is 5. The molecule has 0 unspecified atom stereocenters. The molecule has 0 bridgehead atoms. The van der Waals surface area contributed by atoms with Gasteiger partial charge < -0.3 is 4.74 Å². The van der Waals surface area contributed by atoms with Gasteiger partial charge >= 0.3 is 0 Å². The van der Waals surface area contributed by atoms with E-state index in [9.17, 15) is 13.2 Å². The first-order chi connectivity index (χ1) is 14.9. The Kier molecular flexibility index (Phi) is 7.04. The van der Waals surface area contributed by atoms with E-state index in [4.69, 9.17) is 4.74 Å². The summed E-state index contributed by atoms with van der Waals surface area (Å²) in [5.74, 6) is 0.366. The third-order valence-corrected chi connectivity index (χ3v) is 6.27. The lowest BCUT2D eigenvalue weighted by Gasteiger charge is -2.19. The Bertz CT molecular complexity index is 1140. The second-order valence-corrected chi connectivity index (χ2v) is 8.50. The summed E-state index contributed by atoms with van der Waals surface area (Å²) in [6.45, 7) is 2.51. The lowest BCUT2D eigenvalue weighted by molar-refractivity contribution is 0.0955. The maximum atomic E-state index is 12.7. The molecular weight excluding hydrogens is 414 g/mol. The minimum absolute atomic E-state index is 0.197. The number of carbonyl (C=O) groups is 1. The van der Waals surface area contributed by atoms with E-state index in [2.05, 4.69) is 10.5 Å². The van der Waals surface area contributed by atoms with Crippen molar-refractivity contribution in [2.24, 2.45) is 5.10 Å². The summed E-state index contributed by atoms with van der Waals surface area (Å²) < 4.78 is 32.0. The van der Waals surface area contributed by atoms with Gasteiger partial charge in [0.2, 0.25) is 0 Å². The van der Waals surface area contributed by atoms with E-state index in [-0.39, 0.29) is 4.90 Å². The van der Waals surface area contributed by atoms with E-state index in [1.54, 1.807) is 42.5 Å². The lowest BCUT2D eigenvalue weighted by Crippen LogP contribution is -2.26. The minimum Gasteiger partial charge on any atom is -0.494 e. The highest BCUT2D eigenvalue weighted by atomic mass is 32.2. The molecule has 0 heterocycles. The van der Waals surface area contributed by atoms with Gasteiger partial charge in [-0.05, 0) is 73.2 Å². The number of ether oxygens (including phenoxy) is 1. The third-order valence-electron chi connectivity index (χ3n) is 4.47. The van der Waals surface area contributed by atoms with Crippen LogP contribution in [-0.2, 0) is 10.0 Å². The Labute approximate surface area is 182 Å². The van der Waals surface area contributed by atoms with E-state index in [1.165, 1.54) is 29.7 Å². The number of nitrogens with one attached hydrogen (secondary N) is 1. The second kappa shape index (κ2) is 9.90. The summed E-state index contributed by atoms with van der Waals surface area (Å²) in [6, 6.07) is 21.7. The highest BCUT2D eigenvalue weighted by Gasteiger charge is 2.21. The average molecular weight is 438 g/mol. The third kappa shape index (κ3) is 5.49. The van der Waals surface area contributed by atoms with Crippen molar-refractivity contribution in [3.63, 3.8) is 0 Å². The van der Waals surface area contributed by atoms with Crippen molar-refractivity contribution >= 4 is 27.8 Å². The average Bonchev–Trinajstić information content (AvgIpc) is 2.80. The second-order valence-electron chi connectivity index (χ2n) is 6.53. The molecule has 1 N–H and O–H groups in total. The number of hydrogen-bond donors (Lipinski definition) is 1. The molecule has 0 radical (unpaired) electrons. The van der Waals surface area contributed by atoms with Crippen LogP contribution in [0.1, 0.15) is 22.8 Å². The van der Waals surface area contributed by atoms with E-state index in [0.717, 1.165) is 11.3 Å². The van der Waals surface area contributed by atoms with Crippen LogP contribution < -0.4 is 14.5 Å². The predicted octanol–water partition coefficient (Wildman–Crippen LogP) is 3.67. The Hall–Kier alpha value is -3.65. The van der Waals surface area contributed by atoms with E-state index >= 15 is 0 Å². The molecule has 0 atom stereocenters. The number of benzene rings is 3. The highest BCUT2D eigenvalue weighted by Crippen LogP contribution is 2.22. The molecule has 1 amide bonds. The fourth-order valence-corrected chi connectivity index (χ4v) is 3.98. The molecule has 0 saturated carbocycles. The summed E-state index contributed by atoms with van der Waals surface area (Å²) in [6.07, 6.45) is 1.53. The van der Waals surface area contributed by atoms with Crippen LogP contribution in [0, 0.1) is 0 Å². The molecular formula is C23H23N3O4S. The summed E-state index contributed by atoms with van der Waals surface area (Å²) >= 11 is 0. The van der Waals surface area contributed by atoms with Crippen LogP contribution in [-0.4, -0.2) is 34.2 Å². The van der Waals surface area contributed by atoms with Crippen LogP contribution in [0.3, 0.4) is 0 Å². The molecule has 3 rings (SSSR count). The lowest BCUT2D eigenvalue weighted by atomic mass is 10.2. The summed E-state index contributed by atoms with van der Waals surface area (Å²) in [5, 5.41) is 3.96. The molecule has 8 heteroatoms. The minimum atomic E-state index is -3.68. The number of anilines is 1. The van der Waals surface area contributed by atoms with E-state index in [1.807, 2.05) is 31.2 Å². The molecule has 3 aromatic carbocycles. The molecule has 7 nitrogen and oxygen atoms in total. The van der Waals surface area contributed by atoms with Crippen LogP contribution in [0.5, 0.6) is 5.75 Å². The van der Waals surface area contributed by atoms with Gasteiger partial charge in [0, 0.05) is 12.6 Å². The van der Waals surface area contributed by atoms with Crippen molar-refractivity contribution < 1.29 is 17.9 Å². The predicted molar refractivity (Wildman–Crippen MR) is 121 cm³/mol. The van der Waals surface area contributed by atoms with Gasteiger partial charge in [-0.2, -0.15) is 5.10 Å². The fraction of sp³-hybridized carbons (Fsp3) is 0.130. The zero-order chi connectivity index (χ0) is 22.3. The van der Waals surface area contributed by atoms with Gasteiger partial charge in [0.05, 0.1) is 23.4 Å². The molecule has 160 valence electrons. The Morgan fingerprint density at radius 1 is 1.00 bits per heavy atom. The van der Waals surface area contributed by atoms with Gasteiger partial charge in [-0.15, -0.1) is 0 Å². The van der Waals surface area contributed by atoms with Crippen molar-refractivity contribution in [2.45, 2.75) is 11.8 Å². The Balaban J connectivity index is 1.63. The van der Waals surface area contributed by atoms with Crippen molar-refractivity contribution in [1.29, 1.82) is 0 Å². The molecule has 0 saturated heterocycles. The highest BCUT2D eigenvalue weighted by molar-refractivity contribution is 7.92. The SMILES string of the molecule is CCOc1ccc(/C=N/NC(=O)c2ccc(N(C)S(=O)(=O)c3ccccc3)cc2)cc1. The first-order valence-corrected chi connectivity index (χ1v) is 11.1. The molecule has 0 fully saturated rings. The molecule has 0 spiro atoms. The van der Waals surface area contributed by atoms with Crippen LogP contribution in [0.4, 0.5) is 5.69 Å². The van der Waals surface area contributed by atoms with Crippen LogP contribution in [0.2, 0.25) is 0 Å². The van der Waals surface area contributed by atoms with Gasteiger partial charge in [-0.1, -0.05) is 18.2 Å². The van der Waals surface area contributed by atoms with Crippen LogP contribution >= 0.6 is 0 Å². The van der Waals surface area contributed by atoms with Crippen molar-refractivity contribution in [3.05, 3.63) is 90.0 Å². The number of rotatable bonds is 8. The van der Waals surface area contributed by atoms with Gasteiger partial charge in [-0.25, -0.2) is 13.8 Å². The molecule has 3 aromatic rings. The van der Waals surface area contributed by atoms with Crippen molar-refractivity contribution in [3.8, 4) is 5.75 Å². The van der Waals surface area contributed by atoms with Gasteiger partial charge in [0.1, 0.15) is 5.75 Å². The number of nitrogens with zero attached hydrogens (tertiary/aromatic N) is 2. The number of amides is 1. The molecule has 0 aliphatic carbocycles. The zero-order valence-electron chi connectivity index (χ0n) is 17.2. The molecule has 0 aliphatic rings. The van der Waals surface area contributed by atoms with Crippen molar-refractivity contribution in [1.82, 2.24) is 5.43 Å². The van der Waals surface area contributed by atoms with Gasteiger partial charge in [0.25, 0.3) is 15.9 Å². The Morgan fingerprint density at radius 3 is 2.26 bits per heavy atom. The summed E-state index contributed by atoms with van der Waals surface area (Å²) in [4.78, 5) is 12.5. The van der Waals surface area contributed by atoms with E-state index in [0.29, 0.717) is 17.9 Å². The molecule has 0 aliphatic heterocycles. The number of hydrazone groups is 1. The fourth-order valence-electron chi connectivity index (χ4n) is 2.76. The first kappa shape index (κ1) is 22.0. The van der Waals surface area contributed by atoms with Gasteiger partial charge in [0.15, 0.2) is 0 Å². The van der Waals surface area contributed by atoms with Crippen LogP contribution in [0.25, 0.3) is 0 Å². The normalized spacial score (nSPS) is 11.3. The van der Waals surface area contributed by atoms with Crippen LogP contribution in [0.15, 0.2) is 88.9 Å². The maximum absolute atomic E-state index is 12.7. The zero-order valence-corrected chi connectivity index (χ0v) is 18.0. The number of carbonyl (C=O) groups excluding carboxylic acids is 1. The topological polar surface area (TPSA) is 88.1 Å². The summed E-state index contributed by atoms with van der Waals surface area (Å²) in [5.41, 5.74) is 4.07. The largest absolute Gasteiger partial charge is 0.494 e. The van der Waals surface area contributed by atoms with E-state index < -0.39 is 15.9 Å². The molecule has 0 aromatic heterocycles. The quantitative estimate of drug-likeness (QED) is 0.430.